The van der Waals surface area contributed by atoms with Crippen molar-refractivity contribution in [3.63, 3.8) is 0 Å². The molecule has 0 fully saturated rings. The first kappa shape index (κ1) is 19.0. The van der Waals surface area contributed by atoms with Crippen molar-refractivity contribution in [3.05, 3.63) is 75.3 Å². The summed E-state index contributed by atoms with van der Waals surface area (Å²) in [6.45, 7) is 0. The van der Waals surface area contributed by atoms with E-state index in [2.05, 4.69) is 15.6 Å². The van der Waals surface area contributed by atoms with Gasteiger partial charge in [0.25, 0.3) is 11.8 Å². The van der Waals surface area contributed by atoms with E-state index in [9.17, 15) is 19.7 Å². The highest BCUT2D eigenvalue weighted by molar-refractivity contribution is 7.13. The molecule has 2 aromatic carbocycles. The van der Waals surface area contributed by atoms with Crippen molar-refractivity contribution >= 4 is 39.7 Å². The van der Waals surface area contributed by atoms with Gasteiger partial charge in [0.2, 0.25) is 0 Å². The lowest BCUT2D eigenvalue weighted by molar-refractivity contribution is -0.385. The van der Waals surface area contributed by atoms with Gasteiger partial charge in [-0.1, -0.05) is 6.07 Å². The lowest BCUT2D eigenvalue weighted by Gasteiger charge is -2.08. The highest BCUT2D eigenvalue weighted by Gasteiger charge is 2.18. The molecule has 3 rings (SSSR count). The number of nitrogens with one attached hydrogen (secondary N) is 2. The average Bonchev–Trinajstić information content (AvgIpc) is 3.20. The molecule has 0 radical (unpaired) electrons. The Kier molecular flexibility index (Phi) is 5.61. The number of hydrogen-bond donors (Lipinski definition) is 2. The van der Waals surface area contributed by atoms with E-state index in [1.807, 2.05) is 0 Å². The van der Waals surface area contributed by atoms with Gasteiger partial charge in [0.05, 0.1) is 12.0 Å². The van der Waals surface area contributed by atoms with Gasteiger partial charge < -0.3 is 10.1 Å². The second-order valence-corrected chi connectivity index (χ2v) is 6.36. The number of anilines is 2. The molecule has 0 spiro atoms. The summed E-state index contributed by atoms with van der Waals surface area (Å²) in [6.07, 6.45) is 1.57. The molecule has 9 nitrogen and oxygen atoms in total. The zero-order chi connectivity index (χ0) is 20.1. The van der Waals surface area contributed by atoms with E-state index in [1.54, 1.807) is 29.8 Å². The molecule has 0 aliphatic heterocycles. The van der Waals surface area contributed by atoms with Crippen molar-refractivity contribution in [1.29, 1.82) is 0 Å². The molecule has 1 heterocycles. The van der Waals surface area contributed by atoms with Crippen LogP contribution in [0.4, 0.5) is 16.5 Å². The van der Waals surface area contributed by atoms with Gasteiger partial charge in [0, 0.05) is 34.5 Å². The van der Waals surface area contributed by atoms with E-state index in [1.165, 1.54) is 36.6 Å². The zero-order valence-corrected chi connectivity index (χ0v) is 15.4. The minimum absolute atomic E-state index is 0.0578. The van der Waals surface area contributed by atoms with Crippen molar-refractivity contribution in [3.8, 4) is 5.75 Å². The third kappa shape index (κ3) is 4.30. The summed E-state index contributed by atoms with van der Waals surface area (Å²) in [6, 6.07) is 10.2. The fraction of sp³-hybridized carbons (Fsp3) is 0.0556. The van der Waals surface area contributed by atoms with E-state index < -0.39 is 10.8 Å². The molecule has 0 saturated heterocycles. The van der Waals surface area contributed by atoms with Crippen LogP contribution in [0.2, 0.25) is 0 Å². The highest BCUT2D eigenvalue weighted by atomic mass is 32.1. The van der Waals surface area contributed by atoms with Crippen LogP contribution in [0.15, 0.2) is 54.0 Å². The molecule has 0 unspecified atom stereocenters. The number of rotatable bonds is 6. The normalized spacial score (nSPS) is 10.2. The molecule has 10 heteroatoms. The van der Waals surface area contributed by atoms with Gasteiger partial charge in [0.15, 0.2) is 10.9 Å². The quantitative estimate of drug-likeness (QED) is 0.483. The molecule has 0 atom stereocenters. The number of hydrogen-bond acceptors (Lipinski definition) is 7. The van der Waals surface area contributed by atoms with Gasteiger partial charge in [-0.05, 0) is 30.3 Å². The minimum Gasteiger partial charge on any atom is -0.490 e. The summed E-state index contributed by atoms with van der Waals surface area (Å²) in [5.74, 6) is -0.864. The Labute approximate surface area is 163 Å². The number of carbonyl (C=O) groups excluding carboxylic acids is 2. The Bertz CT molecular complexity index is 1040. The van der Waals surface area contributed by atoms with Crippen LogP contribution in [0.25, 0.3) is 0 Å². The number of methoxy groups -OCH3 is 1. The van der Waals surface area contributed by atoms with Gasteiger partial charge in [-0.3, -0.25) is 25.0 Å². The topological polar surface area (TPSA) is 123 Å². The lowest BCUT2D eigenvalue weighted by Crippen LogP contribution is -2.14. The number of aromatic nitrogens is 1. The molecule has 3 aromatic rings. The molecule has 0 aliphatic carbocycles. The van der Waals surface area contributed by atoms with Crippen molar-refractivity contribution in [2.75, 3.05) is 17.7 Å². The molecular weight excluding hydrogens is 384 g/mol. The van der Waals surface area contributed by atoms with Gasteiger partial charge in [-0.15, -0.1) is 11.3 Å². The molecule has 0 bridgehead atoms. The van der Waals surface area contributed by atoms with Crippen LogP contribution in [-0.2, 0) is 0 Å². The highest BCUT2D eigenvalue weighted by Crippen LogP contribution is 2.28. The van der Waals surface area contributed by atoms with Crippen LogP contribution in [0.5, 0.6) is 5.75 Å². The third-order valence-corrected chi connectivity index (χ3v) is 4.36. The Morgan fingerprint density at radius 3 is 2.54 bits per heavy atom. The second-order valence-electron chi connectivity index (χ2n) is 5.47. The Morgan fingerprint density at radius 1 is 1.11 bits per heavy atom. The van der Waals surface area contributed by atoms with Crippen LogP contribution >= 0.6 is 11.3 Å². The number of thiazole rings is 1. The molecule has 2 amide bonds. The van der Waals surface area contributed by atoms with Gasteiger partial charge >= 0.3 is 5.69 Å². The Morgan fingerprint density at radius 2 is 1.86 bits per heavy atom. The number of benzene rings is 2. The van der Waals surface area contributed by atoms with Crippen LogP contribution in [0.3, 0.4) is 0 Å². The molecule has 28 heavy (non-hydrogen) atoms. The van der Waals surface area contributed by atoms with E-state index >= 15 is 0 Å². The number of nitrogens with zero attached hydrogens (tertiary/aromatic N) is 2. The fourth-order valence-corrected chi connectivity index (χ4v) is 2.89. The largest absolute Gasteiger partial charge is 0.490 e. The first-order valence-electron chi connectivity index (χ1n) is 7.92. The van der Waals surface area contributed by atoms with Crippen LogP contribution in [-0.4, -0.2) is 28.8 Å². The van der Waals surface area contributed by atoms with Crippen molar-refractivity contribution < 1.29 is 19.2 Å². The van der Waals surface area contributed by atoms with E-state index in [-0.39, 0.29) is 22.9 Å². The summed E-state index contributed by atoms with van der Waals surface area (Å²) in [7, 11) is 1.31. The number of nitro benzene ring substituents is 1. The average molecular weight is 398 g/mol. The predicted octanol–water partition coefficient (Wildman–Crippen LogP) is 3.56. The Hall–Kier alpha value is -3.79. The molecular formula is C18H14N4O5S. The van der Waals surface area contributed by atoms with Crippen LogP contribution in [0.1, 0.15) is 20.7 Å². The van der Waals surface area contributed by atoms with Crippen molar-refractivity contribution in [2.45, 2.75) is 0 Å². The summed E-state index contributed by atoms with van der Waals surface area (Å²) < 4.78 is 4.92. The van der Waals surface area contributed by atoms with E-state index in [4.69, 9.17) is 4.74 Å². The smallest absolute Gasteiger partial charge is 0.311 e. The maximum Gasteiger partial charge on any atom is 0.311 e. The molecule has 0 aliphatic rings. The van der Waals surface area contributed by atoms with Gasteiger partial charge in [-0.25, -0.2) is 4.98 Å². The van der Waals surface area contributed by atoms with Gasteiger partial charge in [0.1, 0.15) is 0 Å². The molecule has 2 N–H and O–H groups in total. The first-order chi connectivity index (χ1) is 13.5. The Balaban J connectivity index is 1.76. The monoisotopic (exact) mass is 398 g/mol. The summed E-state index contributed by atoms with van der Waals surface area (Å²) in [5.41, 5.74) is 0.473. The maximum atomic E-state index is 12.4. The standard InChI is InChI=1S/C18H14N4O5S/c1-27-15-6-5-12(10-14(15)22(25)26)16(23)20-13-4-2-3-11(9-13)17(24)21-18-19-7-8-28-18/h2-10H,1H3,(H,20,23)(H,19,21,24). The van der Waals surface area contributed by atoms with E-state index in [0.717, 1.165) is 6.07 Å². The number of carbonyl (C=O) groups is 2. The van der Waals surface area contributed by atoms with Crippen LogP contribution < -0.4 is 15.4 Å². The van der Waals surface area contributed by atoms with E-state index in [0.29, 0.717) is 16.4 Å². The van der Waals surface area contributed by atoms with Crippen LogP contribution in [0, 0.1) is 10.1 Å². The molecule has 1 aromatic heterocycles. The molecule has 0 saturated carbocycles. The van der Waals surface area contributed by atoms with Gasteiger partial charge in [-0.2, -0.15) is 0 Å². The summed E-state index contributed by atoms with van der Waals surface area (Å²) in [4.78, 5) is 39.2. The number of nitro groups is 1. The fourth-order valence-electron chi connectivity index (χ4n) is 2.37. The third-order valence-electron chi connectivity index (χ3n) is 3.67. The SMILES string of the molecule is COc1ccc(C(=O)Nc2cccc(C(=O)Nc3nccs3)c2)cc1[N+](=O)[O-]. The van der Waals surface area contributed by atoms with Crippen molar-refractivity contribution in [2.24, 2.45) is 0 Å². The number of ether oxygens (including phenoxy) is 1. The zero-order valence-electron chi connectivity index (χ0n) is 14.5. The summed E-state index contributed by atoms with van der Waals surface area (Å²) in [5, 5.41) is 18.6. The number of amides is 2. The van der Waals surface area contributed by atoms with Crippen molar-refractivity contribution in [1.82, 2.24) is 4.98 Å². The molecule has 142 valence electrons. The maximum absolute atomic E-state index is 12.4. The first-order valence-corrected chi connectivity index (χ1v) is 8.80. The minimum atomic E-state index is -0.626. The second kappa shape index (κ2) is 8.27. The summed E-state index contributed by atoms with van der Waals surface area (Å²) >= 11 is 1.29. The predicted molar refractivity (Wildman–Crippen MR) is 104 cm³/mol. The lowest BCUT2D eigenvalue weighted by atomic mass is 10.1.